The van der Waals surface area contributed by atoms with Crippen LogP contribution < -0.4 is 0 Å². The second-order valence-corrected chi connectivity index (χ2v) is 8.55. The van der Waals surface area contributed by atoms with Gasteiger partial charge in [0, 0.05) is 5.02 Å². The molecule has 0 amide bonds. The zero-order valence-electron chi connectivity index (χ0n) is 12.4. The summed E-state index contributed by atoms with van der Waals surface area (Å²) in [5.74, 6) is 0. The quantitative estimate of drug-likeness (QED) is 0.263. The standard InChI is InChI=1S/C11H15Cl2O8PS/c1-8(2)19-21-22(14,20-17-3)7-18-23(15,16)11-6-9(12)4-5-10(11)13/h4-6,8H,7H2,1-3H3. The second-order valence-electron chi connectivity index (χ2n) is 4.35. The molecule has 0 heterocycles. The molecule has 0 spiro atoms. The average molecular weight is 409 g/mol. The van der Waals surface area contributed by atoms with Crippen molar-refractivity contribution >= 4 is 40.9 Å². The maximum absolute atomic E-state index is 12.2. The van der Waals surface area contributed by atoms with Crippen molar-refractivity contribution in [3.05, 3.63) is 28.2 Å². The summed E-state index contributed by atoms with van der Waals surface area (Å²) >= 11 is 11.5. The molecule has 1 aromatic rings. The van der Waals surface area contributed by atoms with Gasteiger partial charge >= 0.3 is 7.60 Å². The van der Waals surface area contributed by atoms with Crippen molar-refractivity contribution in [3.8, 4) is 0 Å². The van der Waals surface area contributed by atoms with Gasteiger partial charge in [-0.25, -0.2) is 9.78 Å². The minimum absolute atomic E-state index is 0.115. The van der Waals surface area contributed by atoms with Gasteiger partial charge < -0.3 is 0 Å². The largest absolute Gasteiger partial charge is 0.411 e. The molecule has 0 radical (unpaired) electrons. The van der Waals surface area contributed by atoms with Crippen LogP contribution in [0.2, 0.25) is 10.0 Å². The summed E-state index contributed by atoms with van der Waals surface area (Å²) in [6, 6.07) is 3.78. The lowest BCUT2D eigenvalue weighted by Gasteiger charge is -2.16. The third-order valence-electron chi connectivity index (χ3n) is 2.07. The molecule has 0 aliphatic carbocycles. The summed E-state index contributed by atoms with van der Waals surface area (Å²) in [5, 5.41) is 0.0172. The Balaban J connectivity index is 2.91. The molecule has 1 aromatic carbocycles. The predicted octanol–water partition coefficient (Wildman–Crippen LogP) is 3.78. The van der Waals surface area contributed by atoms with Crippen molar-refractivity contribution < 1.29 is 36.3 Å². The van der Waals surface area contributed by atoms with Crippen LogP contribution in [0, 0.1) is 0 Å². The molecule has 0 saturated carbocycles. The summed E-state index contributed by atoms with van der Waals surface area (Å²) in [6.45, 7) is 3.20. The van der Waals surface area contributed by atoms with Crippen molar-refractivity contribution in [2.45, 2.75) is 24.8 Å². The van der Waals surface area contributed by atoms with Gasteiger partial charge in [-0.05, 0) is 32.0 Å². The minimum atomic E-state index is -4.36. The summed E-state index contributed by atoms with van der Waals surface area (Å²) in [5.41, 5.74) is 0. The van der Waals surface area contributed by atoms with Gasteiger partial charge in [-0.1, -0.05) is 23.2 Å². The molecular formula is C11H15Cl2O8PS. The molecule has 0 aromatic heterocycles. The first-order valence-corrected chi connectivity index (χ1v) is 10.00. The van der Waals surface area contributed by atoms with Crippen LogP contribution in [0.1, 0.15) is 13.8 Å². The van der Waals surface area contributed by atoms with Crippen LogP contribution in [0.15, 0.2) is 23.1 Å². The van der Waals surface area contributed by atoms with Crippen molar-refractivity contribution in [1.82, 2.24) is 0 Å². The fraction of sp³-hybridized carbons (Fsp3) is 0.455. The molecule has 1 atom stereocenters. The van der Waals surface area contributed by atoms with E-state index < -0.39 is 30.2 Å². The molecule has 1 rings (SSSR count). The zero-order chi connectivity index (χ0) is 17.7. The summed E-state index contributed by atoms with van der Waals surface area (Å²) in [6.07, 6.45) is -1.44. The number of hydrogen-bond acceptors (Lipinski definition) is 8. The number of hydrogen-bond donors (Lipinski definition) is 0. The van der Waals surface area contributed by atoms with Crippen LogP contribution in [0.5, 0.6) is 0 Å². The van der Waals surface area contributed by atoms with Gasteiger partial charge in [0.1, 0.15) is 4.90 Å². The predicted molar refractivity (Wildman–Crippen MR) is 82.6 cm³/mol. The fourth-order valence-corrected chi connectivity index (χ4v) is 4.24. The molecule has 8 nitrogen and oxygen atoms in total. The first kappa shape index (κ1) is 20.8. The lowest BCUT2D eigenvalue weighted by molar-refractivity contribution is -0.274. The molecule has 23 heavy (non-hydrogen) atoms. The maximum atomic E-state index is 12.2. The fourth-order valence-electron chi connectivity index (χ4n) is 1.19. The SMILES string of the molecule is COOP(=O)(COS(=O)(=O)c1cc(Cl)ccc1Cl)OOC(C)C. The lowest BCUT2D eigenvalue weighted by atomic mass is 10.4. The third-order valence-corrected chi connectivity index (χ3v) is 5.36. The first-order valence-electron chi connectivity index (χ1n) is 6.10. The second kappa shape index (κ2) is 8.75. The van der Waals surface area contributed by atoms with Crippen LogP contribution in [0.3, 0.4) is 0 Å². The molecule has 1 unspecified atom stereocenters. The number of halogens is 2. The number of rotatable bonds is 9. The van der Waals surface area contributed by atoms with E-state index >= 15 is 0 Å². The van der Waals surface area contributed by atoms with Crippen molar-refractivity contribution in [1.29, 1.82) is 0 Å². The van der Waals surface area contributed by atoms with Gasteiger partial charge in [-0.3, -0.25) is 8.75 Å². The molecular weight excluding hydrogens is 394 g/mol. The van der Waals surface area contributed by atoms with Crippen LogP contribution in [0.4, 0.5) is 0 Å². The Hall–Kier alpha value is -0.220. The first-order chi connectivity index (χ1) is 10.6. The highest BCUT2D eigenvalue weighted by Gasteiger charge is 2.33. The van der Waals surface area contributed by atoms with Gasteiger partial charge in [0.2, 0.25) is 0 Å². The van der Waals surface area contributed by atoms with E-state index in [-0.39, 0.29) is 14.9 Å². The van der Waals surface area contributed by atoms with E-state index in [4.69, 9.17) is 23.2 Å². The van der Waals surface area contributed by atoms with E-state index in [0.717, 1.165) is 13.2 Å². The van der Waals surface area contributed by atoms with Gasteiger partial charge in [0.15, 0.2) is 6.35 Å². The highest BCUT2D eigenvalue weighted by atomic mass is 35.5. The van der Waals surface area contributed by atoms with Crippen molar-refractivity contribution in [2.24, 2.45) is 0 Å². The molecule has 0 aliphatic heterocycles. The molecule has 0 fully saturated rings. The van der Waals surface area contributed by atoms with E-state index in [0.29, 0.717) is 0 Å². The van der Waals surface area contributed by atoms with E-state index in [2.05, 4.69) is 23.3 Å². The minimum Gasteiger partial charge on any atom is -0.253 e. The Morgan fingerprint density at radius 1 is 1.22 bits per heavy atom. The van der Waals surface area contributed by atoms with Gasteiger partial charge in [-0.15, -0.1) is 9.35 Å². The van der Waals surface area contributed by atoms with E-state index in [1.165, 1.54) is 12.1 Å². The van der Waals surface area contributed by atoms with E-state index in [1.54, 1.807) is 13.8 Å². The Bertz CT molecular complexity index is 679. The van der Waals surface area contributed by atoms with Crippen LogP contribution >= 0.6 is 30.8 Å². The monoisotopic (exact) mass is 408 g/mol. The highest BCUT2D eigenvalue weighted by Crippen LogP contribution is 2.49. The van der Waals surface area contributed by atoms with Crippen LogP contribution in [-0.2, 0) is 38.0 Å². The van der Waals surface area contributed by atoms with Gasteiger partial charge in [0.25, 0.3) is 10.1 Å². The molecule has 0 aliphatic rings. The van der Waals surface area contributed by atoms with Gasteiger partial charge in [-0.2, -0.15) is 8.42 Å². The van der Waals surface area contributed by atoms with E-state index in [1.807, 2.05) is 0 Å². The van der Waals surface area contributed by atoms with Crippen LogP contribution in [-0.4, -0.2) is 28.0 Å². The lowest BCUT2D eigenvalue weighted by Crippen LogP contribution is -2.12. The van der Waals surface area contributed by atoms with E-state index in [9.17, 15) is 13.0 Å². The smallest absolute Gasteiger partial charge is 0.253 e. The normalized spacial score (nSPS) is 14.9. The van der Waals surface area contributed by atoms with Gasteiger partial charge in [0.05, 0.1) is 18.2 Å². The Morgan fingerprint density at radius 3 is 2.43 bits per heavy atom. The molecule has 12 heteroatoms. The Labute approximate surface area is 144 Å². The molecule has 0 bridgehead atoms. The molecule has 0 N–H and O–H groups in total. The number of benzene rings is 1. The zero-order valence-corrected chi connectivity index (χ0v) is 15.6. The summed E-state index contributed by atoms with van der Waals surface area (Å²) < 4.78 is 50.1. The molecule has 0 saturated heterocycles. The Kier molecular flexibility index (Phi) is 7.92. The molecule has 132 valence electrons. The summed E-state index contributed by atoms with van der Waals surface area (Å²) in [7, 11) is -7.44. The Morgan fingerprint density at radius 2 is 1.87 bits per heavy atom. The third kappa shape index (κ3) is 6.66. The van der Waals surface area contributed by atoms with Crippen molar-refractivity contribution in [2.75, 3.05) is 13.5 Å². The van der Waals surface area contributed by atoms with Crippen molar-refractivity contribution in [3.63, 3.8) is 0 Å². The highest BCUT2D eigenvalue weighted by molar-refractivity contribution is 7.87. The maximum Gasteiger partial charge on any atom is 0.411 e. The summed E-state index contributed by atoms with van der Waals surface area (Å²) in [4.78, 5) is 8.56. The average Bonchev–Trinajstić information content (AvgIpc) is 2.46. The topological polar surface area (TPSA) is 97.4 Å². The van der Waals surface area contributed by atoms with Crippen LogP contribution in [0.25, 0.3) is 0 Å².